The number of carbonyl (C=O) groups excluding carboxylic acids is 3. The molecule has 50 atom stereocenters. The standard InChI is InChI=1S/C96H154O45/c1-15-91(10,123)25-17-19-40(3)78(120)135-73-42(5)127-87(70(117)62(73)109)141-92(11,16-2)26-18-20-43(33-97)79(121)133-55-32-96(88(122)140-81-66(113)58(105)51(39-125-81)132-85-71(118)77(60(107)47(34-98)128-85)139-84-69(116)64(111)74(50(37-101)131-84)136-82-67(114)61(108)56(103)41(4)126-82)30-29-94(13)44(45(96)31-89(55,6)7)21-22-53-93(12)27-24-54(90(8,9)52(93)23-28-95(53,94)14)134-83-68(115)63(110)75(49(36-100)130-83)137-86-72(119)76(59(106)48(35-99)129-86)138-80-65(112)57(104)46(102)38-124-80/h15-16,20-21,40-42,45-77,80-87,97-119,123H,1-2,17-19,22-39H2,3-14H3/b43-20+. The Morgan fingerprint density at radius 2 is 0.993 bits per heavy atom. The molecular formula is C96H154O45. The Kier molecular flexibility index (Phi) is 36.5. The zero-order chi connectivity index (χ0) is 104. The van der Waals surface area contributed by atoms with Gasteiger partial charge in [0, 0.05) is 11.8 Å². The van der Waals surface area contributed by atoms with Gasteiger partial charge in [-0.15, -0.1) is 13.2 Å². The maximum absolute atomic E-state index is 16.3. The maximum Gasteiger partial charge on any atom is 0.336 e. The van der Waals surface area contributed by atoms with Gasteiger partial charge in [-0.3, -0.25) is 9.59 Å². The van der Waals surface area contributed by atoms with Crippen LogP contribution < -0.4 is 0 Å². The van der Waals surface area contributed by atoms with Crippen LogP contribution >= 0.6 is 0 Å². The molecule has 0 bridgehead atoms. The van der Waals surface area contributed by atoms with Gasteiger partial charge in [0.25, 0.3) is 0 Å². The average molecular weight is 2030 g/mol. The molecule has 0 amide bonds. The summed E-state index contributed by atoms with van der Waals surface area (Å²) in [6.07, 6.45) is -57.4. The van der Waals surface area contributed by atoms with Crippen molar-refractivity contribution in [2.24, 2.45) is 56.2 Å². The Labute approximate surface area is 817 Å². The second-order valence-electron chi connectivity index (χ2n) is 43.7. The van der Waals surface area contributed by atoms with E-state index in [-0.39, 0.29) is 49.5 Å². The molecule has 0 aromatic carbocycles. The maximum atomic E-state index is 16.3. The van der Waals surface area contributed by atoms with Gasteiger partial charge in [0.2, 0.25) is 6.29 Å². The van der Waals surface area contributed by atoms with Crippen molar-refractivity contribution in [1.29, 1.82) is 0 Å². The van der Waals surface area contributed by atoms with E-state index in [0.29, 0.717) is 57.8 Å². The lowest BCUT2D eigenvalue weighted by Crippen LogP contribution is -2.67. The second kappa shape index (κ2) is 45.1. The van der Waals surface area contributed by atoms with Crippen LogP contribution in [-0.2, 0) is 99.6 Å². The molecule has 4 saturated carbocycles. The fourth-order valence-electron chi connectivity index (χ4n) is 24.4. The van der Waals surface area contributed by atoms with Gasteiger partial charge in [0.05, 0.1) is 92.7 Å². The minimum Gasteiger partial charge on any atom is -0.458 e. The molecule has 45 nitrogen and oxygen atoms in total. The first kappa shape index (κ1) is 114. The molecule has 24 N–H and O–H groups in total. The summed E-state index contributed by atoms with van der Waals surface area (Å²) in [6.45, 7) is 24.4. The average Bonchev–Trinajstić information content (AvgIpc) is 0.670. The van der Waals surface area contributed by atoms with Crippen LogP contribution in [0.25, 0.3) is 0 Å². The van der Waals surface area contributed by atoms with Gasteiger partial charge < -0.3 is 208 Å². The highest BCUT2D eigenvalue weighted by Gasteiger charge is 2.72. The summed E-state index contributed by atoms with van der Waals surface area (Å²) in [5.41, 5.74) is -6.69. The van der Waals surface area contributed by atoms with Crippen LogP contribution in [0.5, 0.6) is 0 Å². The Morgan fingerprint density at radius 3 is 1.57 bits per heavy atom. The van der Waals surface area contributed by atoms with Crippen molar-refractivity contribution in [3.05, 3.63) is 48.6 Å². The largest absolute Gasteiger partial charge is 0.458 e. The summed E-state index contributed by atoms with van der Waals surface area (Å²) in [7, 11) is 0. The third kappa shape index (κ3) is 22.4. The first-order chi connectivity index (χ1) is 66.1. The van der Waals surface area contributed by atoms with Gasteiger partial charge >= 0.3 is 17.9 Å². The summed E-state index contributed by atoms with van der Waals surface area (Å²) in [5.74, 6) is -3.97. The van der Waals surface area contributed by atoms with Crippen LogP contribution in [0, 0.1) is 56.2 Å². The van der Waals surface area contributed by atoms with Crippen LogP contribution in [0.15, 0.2) is 48.6 Å². The number of ether oxygens (including phenoxy) is 18. The number of carbonyl (C=O) groups is 3. The van der Waals surface area contributed by atoms with E-state index < -0.39 is 365 Å². The molecule has 0 radical (unpaired) electrons. The van der Waals surface area contributed by atoms with Gasteiger partial charge in [-0.1, -0.05) is 85.3 Å². The molecule has 0 aromatic heterocycles. The fraction of sp³-hybridized carbons (Fsp3) is 0.885. The predicted octanol–water partition coefficient (Wildman–Crippen LogP) is -4.95. The quantitative estimate of drug-likeness (QED) is 0.00943. The van der Waals surface area contributed by atoms with Gasteiger partial charge in [0.1, 0.15) is 171 Å². The van der Waals surface area contributed by atoms with Crippen LogP contribution in [0.2, 0.25) is 0 Å². The molecule has 5 aliphatic carbocycles. The lowest BCUT2D eigenvalue weighted by molar-refractivity contribution is -0.384. The molecule has 45 heteroatoms. The third-order valence-electron chi connectivity index (χ3n) is 33.8. The van der Waals surface area contributed by atoms with Gasteiger partial charge in [-0.25, -0.2) is 4.79 Å². The molecule has 808 valence electrons. The van der Waals surface area contributed by atoms with Crippen molar-refractivity contribution in [2.75, 3.05) is 46.2 Å². The lowest BCUT2D eigenvalue weighted by atomic mass is 9.33. The van der Waals surface area contributed by atoms with Crippen LogP contribution in [0.4, 0.5) is 0 Å². The highest BCUT2D eigenvalue weighted by molar-refractivity contribution is 5.89. The van der Waals surface area contributed by atoms with Gasteiger partial charge in [-0.2, -0.15) is 0 Å². The number of rotatable bonds is 34. The Bertz CT molecular complexity index is 4240. The summed E-state index contributed by atoms with van der Waals surface area (Å²) in [5, 5.41) is 266. The lowest BCUT2D eigenvalue weighted by Gasteiger charge is -2.71. The van der Waals surface area contributed by atoms with E-state index in [1.165, 1.54) is 32.1 Å². The summed E-state index contributed by atoms with van der Waals surface area (Å²) in [4.78, 5) is 44.5. The zero-order valence-corrected chi connectivity index (χ0v) is 81.8. The summed E-state index contributed by atoms with van der Waals surface area (Å²) < 4.78 is 108. The normalized spacial score (nSPS) is 48.4. The van der Waals surface area contributed by atoms with Crippen molar-refractivity contribution >= 4 is 17.9 Å². The Hall–Kier alpha value is -4.19. The third-order valence-corrected chi connectivity index (χ3v) is 33.8. The highest BCUT2D eigenvalue weighted by Crippen LogP contribution is 2.76. The van der Waals surface area contributed by atoms with Crippen LogP contribution in [-0.4, -0.2) is 444 Å². The Morgan fingerprint density at radius 1 is 0.482 bits per heavy atom. The van der Waals surface area contributed by atoms with E-state index >= 15 is 4.79 Å². The molecule has 12 fully saturated rings. The number of hydrogen-bond donors (Lipinski definition) is 24. The van der Waals surface area contributed by atoms with Gasteiger partial charge in [-0.05, 0) is 151 Å². The Balaban J connectivity index is 0.713. The van der Waals surface area contributed by atoms with E-state index in [2.05, 4.69) is 53.9 Å². The number of esters is 3. The molecule has 141 heavy (non-hydrogen) atoms. The molecule has 8 heterocycles. The smallest absolute Gasteiger partial charge is 0.336 e. The minimum atomic E-state index is -2.15. The topological polar surface area (TPSA) is 703 Å². The zero-order valence-electron chi connectivity index (χ0n) is 81.8. The van der Waals surface area contributed by atoms with E-state index in [1.54, 1.807) is 20.8 Å². The molecule has 8 aliphatic heterocycles. The van der Waals surface area contributed by atoms with Crippen LogP contribution in [0.1, 0.15) is 173 Å². The molecule has 13 aliphatic rings. The summed E-state index contributed by atoms with van der Waals surface area (Å²) >= 11 is 0. The molecule has 50 unspecified atom stereocenters. The molecule has 8 saturated heterocycles. The van der Waals surface area contributed by atoms with Crippen molar-refractivity contribution in [3.63, 3.8) is 0 Å². The predicted molar refractivity (Wildman–Crippen MR) is 477 cm³/mol. The van der Waals surface area contributed by atoms with E-state index in [9.17, 15) is 132 Å². The molecular weight excluding hydrogens is 1870 g/mol. The fourth-order valence-corrected chi connectivity index (χ4v) is 24.4. The number of hydrogen-bond acceptors (Lipinski definition) is 45. The first-order valence-corrected chi connectivity index (χ1v) is 49.2. The van der Waals surface area contributed by atoms with E-state index in [4.69, 9.17) is 85.3 Å². The van der Waals surface area contributed by atoms with Crippen molar-refractivity contribution < 1.29 is 222 Å². The van der Waals surface area contributed by atoms with Crippen molar-refractivity contribution in [1.82, 2.24) is 0 Å². The van der Waals surface area contributed by atoms with Crippen molar-refractivity contribution in [2.45, 2.75) is 430 Å². The second-order valence-corrected chi connectivity index (χ2v) is 43.7. The minimum absolute atomic E-state index is 0.0104. The van der Waals surface area contributed by atoms with Gasteiger partial charge in [0.15, 0.2) is 50.1 Å². The number of fused-ring (bicyclic) bond motifs is 7. The number of allylic oxidation sites excluding steroid dienone is 3. The number of aliphatic hydroxyl groups excluding tert-OH is 23. The SMILES string of the molecule is C=CC(C)(O)CCCC(C)C(=O)OC1C(C)OC(OC(C)(C=C)CC/C=C(\CO)C(=O)OC2CC3(C(=O)OC4OCC(OC5OC(CO)C(O)C(OC6OC(CO)C(OC7OC(C)C(O)C(O)C7O)C(O)C6O)C5O)C(O)C4O)CCC4(C)C(=CCC5C6(C)CCC(OC7OC(CO)C(OC8OC(CO)C(O)C(OC9OCC(O)C(O)C9O)C8O)C(O)C7O)C(C)(C)C6CCC54C)C3CC2(C)C)C(O)C1O. The number of aliphatic hydroxyl groups is 24. The highest BCUT2D eigenvalue weighted by atomic mass is 16.8. The molecule has 0 spiro atoms. The van der Waals surface area contributed by atoms with E-state index in [0.717, 1.165) is 5.57 Å². The first-order valence-electron chi connectivity index (χ1n) is 49.2. The summed E-state index contributed by atoms with van der Waals surface area (Å²) in [6, 6.07) is 0. The molecule has 13 rings (SSSR count). The molecule has 0 aromatic rings. The monoisotopic (exact) mass is 2030 g/mol. The van der Waals surface area contributed by atoms with Crippen molar-refractivity contribution in [3.8, 4) is 0 Å². The van der Waals surface area contributed by atoms with E-state index in [1.807, 2.05) is 13.8 Å². The van der Waals surface area contributed by atoms with Crippen LogP contribution in [0.3, 0.4) is 0 Å².